The number of nitrogens with two attached hydrogens (primary N) is 1. The molecule has 0 fully saturated rings. The van der Waals surface area contributed by atoms with Crippen LogP contribution in [0.5, 0.6) is 5.75 Å². The molecule has 1 aromatic heterocycles. The van der Waals surface area contributed by atoms with Crippen molar-refractivity contribution in [3.8, 4) is 5.75 Å². The van der Waals surface area contributed by atoms with Crippen molar-refractivity contribution >= 4 is 11.8 Å². The number of methoxy groups -OCH3 is 1. The second-order valence-corrected chi connectivity index (χ2v) is 4.92. The zero-order valence-electron chi connectivity index (χ0n) is 10.4. The number of ether oxygens (including phenoxy) is 1. The van der Waals surface area contributed by atoms with Crippen LogP contribution in [0.2, 0.25) is 0 Å². The van der Waals surface area contributed by atoms with Crippen LogP contribution in [0.4, 0.5) is 0 Å². The number of benzene rings is 1. The molecular weight excluding hydrogens is 248 g/mol. The van der Waals surface area contributed by atoms with Gasteiger partial charge in [-0.2, -0.15) is 0 Å². The first kappa shape index (κ1) is 13.0. The van der Waals surface area contributed by atoms with Crippen molar-refractivity contribution in [2.45, 2.75) is 18.2 Å². The molecule has 0 saturated heterocycles. The topological polar surface area (TPSA) is 61.3 Å². The Morgan fingerprint density at radius 2 is 2.33 bits per heavy atom. The highest BCUT2D eigenvalue weighted by Crippen LogP contribution is 2.24. The van der Waals surface area contributed by atoms with Crippen LogP contribution in [0.15, 0.2) is 40.2 Å². The van der Waals surface area contributed by atoms with Crippen molar-refractivity contribution in [2.75, 3.05) is 12.9 Å². The lowest BCUT2D eigenvalue weighted by atomic mass is 10.1. The molecule has 4 nitrogen and oxygen atoms in total. The van der Waals surface area contributed by atoms with Crippen LogP contribution in [0.1, 0.15) is 17.3 Å². The molecule has 2 rings (SSSR count). The summed E-state index contributed by atoms with van der Waals surface area (Å²) in [5.74, 6) is 1.53. The monoisotopic (exact) mass is 264 g/mol. The van der Waals surface area contributed by atoms with Gasteiger partial charge in [-0.15, -0.1) is 0 Å². The Hall–Kier alpha value is -1.46. The lowest BCUT2D eigenvalue weighted by molar-refractivity contribution is 0.414. The molecule has 5 heteroatoms. The predicted octanol–water partition coefficient (Wildman–Crippen LogP) is 2.78. The molecule has 18 heavy (non-hydrogen) atoms. The summed E-state index contributed by atoms with van der Waals surface area (Å²) in [5, 5.41) is 0.658. The van der Waals surface area contributed by atoms with Crippen molar-refractivity contribution in [3.63, 3.8) is 0 Å². The lowest BCUT2D eigenvalue weighted by Gasteiger charge is -2.11. The summed E-state index contributed by atoms with van der Waals surface area (Å²) >= 11 is 1.51. The molecule has 1 aromatic carbocycles. The van der Waals surface area contributed by atoms with Crippen LogP contribution in [0.25, 0.3) is 0 Å². The smallest absolute Gasteiger partial charge is 0.255 e. The fourth-order valence-electron chi connectivity index (χ4n) is 1.53. The summed E-state index contributed by atoms with van der Waals surface area (Å²) in [6.07, 6.45) is 1.64. The summed E-state index contributed by atoms with van der Waals surface area (Å²) in [5.41, 5.74) is 8.06. The Balaban J connectivity index is 1.96. The van der Waals surface area contributed by atoms with E-state index in [0.29, 0.717) is 11.0 Å². The van der Waals surface area contributed by atoms with Gasteiger partial charge < -0.3 is 14.9 Å². The number of rotatable bonds is 5. The number of hydrogen-bond acceptors (Lipinski definition) is 5. The van der Waals surface area contributed by atoms with Gasteiger partial charge in [0.25, 0.3) is 5.22 Å². The van der Waals surface area contributed by atoms with Crippen molar-refractivity contribution in [3.05, 3.63) is 41.8 Å². The van der Waals surface area contributed by atoms with E-state index < -0.39 is 0 Å². The third-order valence-corrected chi connectivity index (χ3v) is 3.47. The normalized spacial score (nSPS) is 12.4. The molecule has 0 aliphatic rings. The molecule has 0 spiro atoms. The number of aryl methyl sites for hydroxylation is 1. The van der Waals surface area contributed by atoms with Crippen LogP contribution in [0, 0.1) is 6.92 Å². The van der Waals surface area contributed by atoms with E-state index in [-0.39, 0.29) is 6.04 Å². The van der Waals surface area contributed by atoms with E-state index in [1.807, 2.05) is 31.2 Å². The van der Waals surface area contributed by atoms with Crippen LogP contribution in [0.3, 0.4) is 0 Å². The molecule has 0 saturated carbocycles. The molecule has 0 bridgehead atoms. The van der Waals surface area contributed by atoms with E-state index in [9.17, 15) is 0 Å². The zero-order valence-corrected chi connectivity index (χ0v) is 11.2. The summed E-state index contributed by atoms with van der Waals surface area (Å²) in [7, 11) is 1.65. The third kappa shape index (κ3) is 3.27. The highest BCUT2D eigenvalue weighted by molar-refractivity contribution is 7.99. The maximum Gasteiger partial charge on any atom is 0.255 e. The van der Waals surface area contributed by atoms with Crippen LogP contribution in [-0.4, -0.2) is 17.8 Å². The first-order valence-electron chi connectivity index (χ1n) is 5.63. The number of hydrogen-bond donors (Lipinski definition) is 1. The van der Waals surface area contributed by atoms with E-state index in [0.717, 1.165) is 17.0 Å². The standard InChI is InChI=1S/C13H16N2O2S/c1-9-7-17-13(15-9)18-8-12(14)10-4-3-5-11(6-10)16-2/h3-7,12H,8,14H2,1-2H3. The molecule has 1 heterocycles. The van der Waals surface area contributed by atoms with Crippen LogP contribution < -0.4 is 10.5 Å². The van der Waals surface area contributed by atoms with Gasteiger partial charge in [-0.1, -0.05) is 23.9 Å². The highest BCUT2D eigenvalue weighted by Gasteiger charge is 2.10. The molecule has 1 unspecified atom stereocenters. The Labute approximate surface area is 111 Å². The molecular formula is C13H16N2O2S. The lowest BCUT2D eigenvalue weighted by Crippen LogP contribution is -2.12. The third-order valence-electron chi connectivity index (χ3n) is 2.51. The Morgan fingerprint density at radius 3 is 3.00 bits per heavy atom. The SMILES string of the molecule is COc1cccc(C(N)CSc2nc(C)co2)c1. The van der Waals surface area contributed by atoms with Crippen LogP contribution >= 0.6 is 11.8 Å². The van der Waals surface area contributed by atoms with Crippen molar-refractivity contribution in [2.24, 2.45) is 5.73 Å². The van der Waals surface area contributed by atoms with E-state index in [2.05, 4.69) is 4.98 Å². The fraction of sp³-hybridized carbons (Fsp3) is 0.308. The van der Waals surface area contributed by atoms with E-state index in [1.54, 1.807) is 13.4 Å². The van der Waals surface area contributed by atoms with Crippen molar-refractivity contribution in [1.29, 1.82) is 0 Å². The van der Waals surface area contributed by atoms with E-state index >= 15 is 0 Å². The van der Waals surface area contributed by atoms with Gasteiger partial charge >= 0.3 is 0 Å². The second-order valence-electron chi connectivity index (χ2n) is 3.95. The minimum Gasteiger partial charge on any atom is -0.497 e. The number of thioether (sulfide) groups is 1. The van der Waals surface area contributed by atoms with Gasteiger partial charge in [-0.25, -0.2) is 4.98 Å². The molecule has 2 N–H and O–H groups in total. The zero-order chi connectivity index (χ0) is 13.0. The van der Waals surface area contributed by atoms with Crippen LogP contribution in [-0.2, 0) is 0 Å². The fourth-order valence-corrected chi connectivity index (χ4v) is 2.37. The highest BCUT2D eigenvalue weighted by atomic mass is 32.2. The second kappa shape index (κ2) is 5.93. The van der Waals surface area contributed by atoms with Crippen molar-refractivity contribution < 1.29 is 9.15 Å². The molecule has 96 valence electrons. The molecule has 0 radical (unpaired) electrons. The molecule has 1 atom stereocenters. The maximum atomic E-state index is 6.13. The van der Waals surface area contributed by atoms with E-state index in [1.165, 1.54) is 11.8 Å². The van der Waals surface area contributed by atoms with Gasteiger partial charge in [-0.3, -0.25) is 0 Å². The van der Waals surface area contributed by atoms with Crippen molar-refractivity contribution in [1.82, 2.24) is 4.98 Å². The summed E-state index contributed by atoms with van der Waals surface area (Å²) < 4.78 is 10.4. The molecule has 0 aliphatic heterocycles. The van der Waals surface area contributed by atoms with E-state index in [4.69, 9.17) is 14.9 Å². The number of aromatic nitrogens is 1. The Kier molecular flexibility index (Phi) is 4.28. The predicted molar refractivity (Wildman–Crippen MR) is 71.9 cm³/mol. The number of nitrogens with zero attached hydrogens (tertiary/aromatic N) is 1. The van der Waals surface area contributed by atoms with Gasteiger partial charge in [0, 0.05) is 11.8 Å². The molecule has 0 aliphatic carbocycles. The first-order chi connectivity index (χ1) is 8.69. The summed E-state index contributed by atoms with van der Waals surface area (Å²) in [6.45, 7) is 1.90. The summed E-state index contributed by atoms with van der Waals surface area (Å²) in [6, 6.07) is 7.72. The maximum absolute atomic E-state index is 6.13. The minimum atomic E-state index is -0.0719. The average Bonchev–Trinajstić information content (AvgIpc) is 2.82. The Morgan fingerprint density at radius 1 is 1.50 bits per heavy atom. The minimum absolute atomic E-state index is 0.0719. The Bertz CT molecular complexity index is 513. The molecule has 2 aromatic rings. The largest absolute Gasteiger partial charge is 0.497 e. The average molecular weight is 264 g/mol. The van der Waals surface area contributed by atoms with Gasteiger partial charge in [-0.05, 0) is 24.6 Å². The first-order valence-corrected chi connectivity index (χ1v) is 6.62. The molecule has 0 amide bonds. The van der Waals surface area contributed by atoms with Gasteiger partial charge in [0.2, 0.25) is 0 Å². The van der Waals surface area contributed by atoms with Gasteiger partial charge in [0.1, 0.15) is 12.0 Å². The van der Waals surface area contributed by atoms with Gasteiger partial charge in [0.05, 0.1) is 12.8 Å². The quantitative estimate of drug-likeness (QED) is 0.841. The van der Waals surface area contributed by atoms with Gasteiger partial charge in [0.15, 0.2) is 0 Å². The summed E-state index contributed by atoms with van der Waals surface area (Å²) in [4.78, 5) is 4.23. The number of oxazole rings is 1.